The van der Waals surface area contributed by atoms with Crippen molar-refractivity contribution >= 4 is 5.97 Å². The van der Waals surface area contributed by atoms with Gasteiger partial charge in [-0.05, 0) is 31.6 Å². The van der Waals surface area contributed by atoms with Crippen LogP contribution in [-0.4, -0.2) is 23.2 Å². The lowest BCUT2D eigenvalue weighted by molar-refractivity contribution is -0.139. The van der Waals surface area contributed by atoms with Crippen molar-refractivity contribution in [1.82, 2.24) is 5.32 Å². The van der Waals surface area contributed by atoms with E-state index in [9.17, 15) is 4.79 Å². The van der Waals surface area contributed by atoms with Gasteiger partial charge in [-0.2, -0.15) is 0 Å². The summed E-state index contributed by atoms with van der Waals surface area (Å²) in [5, 5.41) is 12.4. The molecule has 2 saturated carbocycles. The van der Waals surface area contributed by atoms with Gasteiger partial charge in [0.25, 0.3) is 0 Å². The molecule has 2 N–H and O–H groups in total. The average Bonchev–Trinajstić information content (AvgIpc) is 2.40. The molecule has 0 heterocycles. The minimum atomic E-state index is -0.719. The summed E-state index contributed by atoms with van der Waals surface area (Å²) in [5.41, 5.74) is 0. The van der Waals surface area contributed by atoms with Crippen molar-refractivity contribution in [2.45, 2.75) is 76.8 Å². The number of nitrogens with one attached hydrogen (secondary N) is 1. The number of carboxylic acids is 1. The number of carbonyl (C=O) groups is 1. The Bertz CT molecular complexity index is 274. The second-order valence-corrected chi connectivity index (χ2v) is 6.18. The van der Waals surface area contributed by atoms with E-state index in [1.165, 1.54) is 57.8 Å². The smallest absolute Gasteiger partial charge is 0.320 e. The van der Waals surface area contributed by atoms with E-state index in [4.69, 9.17) is 5.11 Å². The third kappa shape index (κ3) is 3.47. The Labute approximate surface area is 110 Å². The van der Waals surface area contributed by atoms with Gasteiger partial charge in [0.05, 0.1) is 0 Å². The summed E-state index contributed by atoms with van der Waals surface area (Å²) < 4.78 is 0. The van der Waals surface area contributed by atoms with Crippen molar-refractivity contribution in [1.29, 1.82) is 0 Å². The number of rotatable bonds is 4. The first-order valence-electron chi connectivity index (χ1n) is 7.67. The molecule has 3 nitrogen and oxygen atoms in total. The first-order valence-corrected chi connectivity index (χ1v) is 7.67. The number of hydrogen-bond donors (Lipinski definition) is 2. The zero-order valence-corrected chi connectivity index (χ0v) is 11.5. The first kappa shape index (κ1) is 13.9. The molecule has 2 unspecified atom stereocenters. The molecule has 0 amide bonds. The molecule has 104 valence electrons. The Kier molecular flexibility index (Phi) is 5.04. The summed E-state index contributed by atoms with van der Waals surface area (Å²) >= 11 is 0. The SMILES string of the molecule is C[C@H](NC1CCCCC1C1CCCCC1)C(=O)O. The maximum Gasteiger partial charge on any atom is 0.320 e. The lowest BCUT2D eigenvalue weighted by Crippen LogP contribution is -2.48. The van der Waals surface area contributed by atoms with E-state index in [2.05, 4.69) is 5.32 Å². The van der Waals surface area contributed by atoms with Gasteiger partial charge < -0.3 is 10.4 Å². The average molecular weight is 253 g/mol. The maximum atomic E-state index is 11.0. The van der Waals surface area contributed by atoms with E-state index in [0.717, 1.165) is 11.8 Å². The second-order valence-electron chi connectivity index (χ2n) is 6.18. The lowest BCUT2D eigenvalue weighted by atomic mass is 9.71. The molecule has 2 aliphatic carbocycles. The molecular weight excluding hydrogens is 226 g/mol. The quantitative estimate of drug-likeness (QED) is 0.809. The Morgan fingerprint density at radius 1 is 1.06 bits per heavy atom. The Balaban J connectivity index is 1.94. The molecule has 0 aliphatic heterocycles. The van der Waals surface area contributed by atoms with Gasteiger partial charge in [0.1, 0.15) is 6.04 Å². The first-order chi connectivity index (χ1) is 8.68. The van der Waals surface area contributed by atoms with Crippen molar-refractivity contribution in [2.75, 3.05) is 0 Å². The topological polar surface area (TPSA) is 49.3 Å². The normalized spacial score (nSPS) is 32.1. The summed E-state index contributed by atoms with van der Waals surface area (Å²) in [6.07, 6.45) is 11.9. The van der Waals surface area contributed by atoms with Crippen LogP contribution in [0.5, 0.6) is 0 Å². The van der Waals surface area contributed by atoms with E-state index < -0.39 is 12.0 Å². The van der Waals surface area contributed by atoms with Crippen LogP contribution >= 0.6 is 0 Å². The number of carboxylic acid groups (broad SMARTS) is 1. The minimum Gasteiger partial charge on any atom is -0.480 e. The van der Waals surface area contributed by atoms with Crippen molar-refractivity contribution < 1.29 is 9.90 Å². The summed E-state index contributed by atoms with van der Waals surface area (Å²) in [4.78, 5) is 11.0. The molecule has 0 aromatic rings. The molecule has 0 bridgehead atoms. The highest BCUT2D eigenvalue weighted by Gasteiger charge is 2.33. The van der Waals surface area contributed by atoms with Crippen LogP contribution < -0.4 is 5.32 Å². The van der Waals surface area contributed by atoms with Gasteiger partial charge in [0.15, 0.2) is 0 Å². The van der Waals surface area contributed by atoms with Crippen LogP contribution in [0, 0.1) is 11.8 Å². The zero-order chi connectivity index (χ0) is 13.0. The summed E-state index contributed by atoms with van der Waals surface area (Å²) in [5.74, 6) is 0.848. The molecule has 0 aromatic carbocycles. The molecule has 18 heavy (non-hydrogen) atoms. The standard InChI is InChI=1S/C15H27NO2/c1-11(15(17)18)16-14-10-6-5-9-13(14)12-7-3-2-4-8-12/h11-14,16H,2-10H2,1H3,(H,17,18)/t11-,13?,14?/m0/s1. The minimum absolute atomic E-state index is 0.404. The largest absolute Gasteiger partial charge is 0.480 e. The molecular formula is C15H27NO2. The van der Waals surface area contributed by atoms with Crippen LogP contribution in [0.4, 0.5) is 0 Å². The molecule has 2 rings (SSSR count). The fourth-order valence-corrected chi connectivity index (χ4v) is 3.89. The fourth-order valence-electron chi connectivity index (χ4n) is 3.89. The summed E-state index contributed by atoms with van der Waals surface area (Å²) in [6, 6.07) is 0.0344. The predicted octanol–water partition coefficient (Wildman–Crippen LogP) is 3.19. The van der Waals surface area contributed by atoms with Gasteiger partial charge in [-0.3, -0.25) is 4.79 Å². The third-order valence-corrected chi connectivity index (χ3v) is 4.91. The third-order valence-electron chi connectivity index (χ3n) is 4.91. The lowest BCUT2D eigenvalue weighted by Gasteiger charge is -2.40. The van der Waals surface area contributed by atoms with Crippen LogP contribution in [0.2, 0.25) is 0 Å². The molecule has 3 heteroatoms. The second kappa shape index (κ2) is 6.55. The highest BCUT2D eigenvalue weighted by Crippen LogP contribution is 2.38. The number of hydrogen-bond acceptors (Lipinski definition) is 2. The van der Waals surface area contributed by atoms with Crippen molar-refractivity contribution in [2.24, 2.45) is 11.8 Å². The molecule has 0 saturated heterocycles. The van der Waals surface area contributed by atoms with Crippen LogP contribution in [0.25, 0.3) is 0 Å². The maximum absolute atomic E-state index is 11.0. The fraction of sp³-hybridized carbons (Fsp3) is 0.933. The van der Waals surface area contributed by atoms with Crippen molar-refractivity contribution in [3.8, 4) is 0 Å². The van der Waals surface area contributed by atoms with E-state index in [-0.39, 0.29) is 0 Å². The van der Waals surface area contributed by atoms with Crippen LogP contribution in [0.3, 0.4) is 0 Å². The Morgan fingerprint density at radius 2 is 1.67 bits per heavy atom. The van der Waals surface area contributed by atoms with Gasteiger partial charge in [-0.15, -0.1) is 0 Å². The Hall–Kier alpha value is -0.570. The van der Waals surface area contributed by atoms with E-state index >= 15 is 0 Å². The molecule has 3 atom stereocenters. The molecule has 2 fully saturated rings. The van der Waals surface area contributed by atoms with Gasteiger partial charge in [0, 0.05) is 6.04 Å². The molecule has 0 aromatic heterocycles. The van der Waals surface area contributed by atoms with E-state index in [1.807, 2.05) is 0 Å². The molecule has 0 radical (unpaired) electrons. The van der Waals surface area contributed by atoms with Gasteiger partial charge in [-0.1, -0.05) is 44.9 Å². The predicted molar refractivity (Wildman–Crippen MR) is 72.6 cm³/mol. The van der Waals surface area contributed by atoms with Gasteiger partial charge in [0.2, 0.25) is 0 Å². The highest BCUT2D eigenvalue weighted by molar-refractivity contribution is 5.72. The Morgan fingerprint density at radius 3 is 2.33 bits per heavy atom. The van der Waals surface area contributed by atoms with Gasteiger partial charge in [-0.25, -0.2) is 0 Å². The van der Waals surface area contributed by atoms with Crippen LogP contribution in [-0.2, 0) is 4.79 Å². The van der Waals surface area contributed by atoms with Crippen molar-refractivity contribution in [3.63, 3.8) is 0 Å². The van der Waals surface area contributed by atoms with Crippen LogP contribution in [0.1, 0.15) is 64.7 Å². The van der Waals surface area contributed by atoms with Crippen molar-refractivity contribution in [3.05, 3.63) is 0 Å². The molecule has 2 aliphatic rings. The zero-order valence-electron chi connectivity index (χ0n) is 11.5. The summed E-state index contributed by atoms with van der Waals surface area (Å²) in [7, 11) is 0. The highest BCUT2D eigenvalue weighted by atomic mass is 16.4. The summed E-state index contributed by atoms with van der Waals surface area (Å²) in [6.45, 7) is 1.77. The number of aliphatic carboxylic acids is 1. The van der Waals surface area contributed by atoms with Crippen LogP contribution in [0.15, 0.2) is 0 Å². The molecule has 0 spiro atoms. The van der Waals surface area contributed by atoms with Gasteiger partial charge >= 0.3 is 5.97 Å². The monoisotopic (exact) mass is 253 g/mol. The van der Waals surface area contributed by atoms with E-state index in [0.29, 0.717) is 6.04 Å². The van der Waals surface area contributed by atoms with E-state index in [1.54, 1.807) is 6.92 Å².